The molecule has 34 heavy (non-hydrogen) atoms. The molecule has 2 aliphatic rings. The Bertz CT molecular complexity index is 1300. The van der Waals surface area contributed by atoms with E-state index in [9.17, 15) is 18.8 Å². The quantitative estimate of drug-likeness (QED) is 0.600. The van der Waals surface area contributed by atoms with Crippen LogP contribution in [0.4, 0.5) is 10.1 Å². The number of Topliss-reactive ketones (excluding diaryl/α,β-unsaturated/α-hetero) is 1. The Morgan fingerprint density at radius 1 is 1.03 bits per heavy atom. The summed E-state index contributed by atoms with van der Waals surface area (Å²) in [5.41, 5.74) is 2.20. The summed E-state index contributed by atoms with van der Waals surface area (Å²) in [6.45, 7) is 0.645. The highest BCUT2D eigenvalue weighted by molar-refractivity contribution is 6.30. The highest BCUT2D eigenvalue weighted by atomic mass is 35.5. The number of benzene rings is 3. The van der Waals surface area contributed by atoms with Crippen LogP contribution in [0.2, 0.25) is 5.02 Å². The topological polar surface area (TPSA) is 78.5 Å². The van der Waals surface area contributed by atoms with E-state index in [1.54, 1.807) is 30.3 Å². The zero-order valence-electron chi connectivity index (χ0n) is 18.1. The molecular formula is C26H21ClFN3O3. The summed E-state index contributed by atoms with van der Waals surface area (Å²) < 4.78 is 14.5. The predicted octanol–water partition coefficient (Wildman–Crippen LogP) is 3.69. The van der Waals surface area contributed by atoms with E-state index in [0.29, 0.717) is 23.4 Å². The summed E-state index contributed by atoms with van der Waals surface area (Å²) >= 11 is 5.87. The van der Waals surface area contributed by atoms with Crippen LogP contribution in [0, 0.1) is 5.82 Å². The third-order valence-corrected chi connectivity index (χ3v) is 6.45. The smallest absolute Gasteiger partial charge is 0.256 e. The van der Waals surface area contributed by atoms with Crippen LogP contribution >= 0.6 is 11.6 Å². The number of hydrogen-bond donors (Lipinski definition) is 2. The Morgan fingerprint density at radius 3 is 2.59 bits per heavy atom. The fourth-order valence-corrected chi connectivity index (χ4v) is 4.73. The Hall–Kier alpha value is -3.55. The summed E-state index contributed by atoms with van der Waals surface area (Å²) in [4.78, 5) is 41.3. The third-order valence-electron chi connectivity index (χ3n) is 6.22. The molecule has 3 aromatic carbocycles. The molecule has 0 aromatic heterocycles. The molecule has 0 bridgehead atoms. The van der Waals surface area contributed by atoms with Crippen molar-refractivity contribution in [3.8, 4) is 11.1 Å². The maximum absolute atomic E-state index is 14.5. The van der Waals surface area contributed by atoms with Crippen LogP contribution in [-0.4, -0.2) is 47.7 Å². The highest BCUT2D eigenvalue weighted by Crippen LogP contribution is 2.32. The van der Waals surface area contributed by atoms with Gasteiger partial charge in [0.2, 0.25) is 5.91 Å². The largest absolute Gasteiger partial charge is 0.323 e. The van der Waals surface area contributed by atoms with Crippen molar-refractivity contribution in [3.63, 3.8) is 0 Å². The van der Waals surface area contributed by atoms with Gasteiger partial charge in [-0.2, -0.15) is 0 Å². The molecule has 8 heteroatoms. The number of carbonyl (C=O) groups excluding carboxylic acids is 3. The molecule has 1 fully saturated rings. The highest BCUT2D eigenvalue weighted by Gasteiger charge is 2.45. The van der Waals surface area contributed by atoms with Gasteiger partial charge in [0.25, 0.3) is 5.91 Å². The molecule has 3 aromatic rings. The zero-order chi connectivity index (χ0) is 23.8. The van der Waals surface area contributed by atoms with Gasteiger partial charge < -0.3 is 15.5 Å². The number of amides is 2. The standard InChI is InChI=1S/C26H21ClFN3O3/c27-17-7-8-18(20(28)14-17)16-6-9-21-19(13-16)26(34)31-11-10-29-23(24(31)25(33)30-21)22(32)12-15-4-2-1-3-5-15/h1-9,13-14,23-24,29H,10-12H2,(H,30,33). The molecule has 2 unspecified atom stereocenters. The number of piperazine rings is 1. The molecule has 2 N–H and O–H groups in total. The summed E-state index contributed by atoms with van der Waals surface area (Å²) in [6, 6.07) is 16.6. The summed E-state index contributed by atoms with van der Waals surface area (Å²) in [5, 5.41) is 6.19. The van der Waals surface area contributed by atoms with Crippen molar-refractivity contribution in [1.82, 2.24) is 10.2 Å². The van der Waals surface area contributed by atoms with Gasteiger partial charge in [-0.3, -0.25) is 14.4 Å². The van der Waals surface area contributed by atoms with Crippen LogP contribution in [0.3, 0.4) is 0 Å². The number of carbonyl (C=O) groups is 3. The van der Waals surface area contributed by atoms with E-state index in [-0.39, 0.29) is 35.2 Å². The van der Waals surface area contributed by atoms with E-state index in [0.717, 1.165) is 5.56 Å². The number of nitrogens with zero attached hydrogens (tertiary/aromatic N) is 1. The molecule has 0 radical (unpaired) electrons. The second-order valence-electron chi connectivity index (χ2n) is 8.38. The first-order chi connectivity index (χ1) is 16.4. The predicted molar refractivity (Wildman–Crippen MR) is 127 cm³/mol. The van der Waals surface area contributed by atoms with Gasteiger partial charge in [0.05, 0.1) is 17.3 Å². The van der Waals surface area contributed by atoms with Gasteiger partial charge in [-0.1, -0.05) is 48.0 Å². The molecule has 0 saturated carbocycles. The SMILES string of the molecule is O=C(Cc1ccccc1)C1NCCN2C(=O)c3cc(-c4ccc(Cl)cc4F)ccc3NC(=O)C12. The van der Waals surface area contributed by atoms with Gasteiger partial charge in [0.15, 0.2) is 5.78 Å². The van der Waals surface area contributed by atoms with Gasteiger partial charge in [-0.25, -0.2) is 4.39 Å². The van der Waals surface area contributed by atoms with Crippen molar-refractivity contribution in [3.05, 3.63) is 88.7 Å². The van der Waals surface area contributed by atoms with Crippen molar-refractivity contribution >= 4 is 34.9 Å². The molecule has 5 rings (SSSR count). The molecule has 2 amide bonds. The number of rotatable bonds is 4. The lowest BCUT2D eigenvalue weighted by atomic mass is 9.94. The lowest BCUT2D eigenvalue weighted by Gasteiger charge is -2.38. The fourth-order valence-electron chi connectivity index (χ4n) is 4.57. The van der Waals surface area contributed by atoms with Crippen LogP contribution < -0.4 is 10.6 Å². The zero-order valence-corrected chi connectivity index (χ0v) is 18.8. The van der Waals surface area contributed by atoms with Crippen LogP contribution in [0.25, 0.3) is 11.1 Å². The van der Waals surface area contributed by atoms with Gasteiger partial charge >= 0.3 is 0 Å². The summed E-state index contributed by atoms with van der Waals surface area (Å²) in [7, 11) is 0. The number of fused-ring (bicyclic) bond motifs is 2. The van der Waals surface area contributed by atoms with Crippen LogP contribution in [0.15, 0.2) is 66.7 Å². The van der Waals surface area contributed by atoms with Crippen LogP contribution in [0.5, 0.6) is 0 Å². The maximum Gasteiger partial charge on any atom is 0.256 e. The number of anilines is 1. The minimum absolute atomic E-state index is 0.150. The van der Waals surface area contributed by atoms with Gasteiger partial charge in [0.1, 0.15) is 11.9 Å². The first-order valence-electron chi connectivity index (χ1n) is 10.9. The molecule has 2 heterocycles. The number of halogens is 2. The first-order valence-corrected chi connectivity index (χ1v) is 11.3. The lowest BCUT2D eigenvalue weighted by Crippen LogP contribution is -2.65. The monoisotopic (exact) mass is 477 g/mol. The van der Waals surface area contributed by atoms with E-state index in [1.807, 2.05) is 30.3 Å². The maximum atomic E-state index is 14.5. The van der Waals surface area contributed by atoms with Crippen molar-refractivity contribution in [2.24, 2.45) is 0 Å². The van der Waals surface area contributed by atoms with E-state index in [4.69, 9.17) is 11.6 Å². The minimum atomic E-state index is -0.986. The Labute approximate surface area is 200 Å². The number of nitrogens with one attached hydrogen (secondary N) is 2. The lowest BCUT2D eigenvalue weighted by molar-refractivity contribution is -0.130. The average Bonchev–Trinajstić information content (AvgIpc) is 2.94. The van der Waals surface area contributed by atoms with Crippen molar-refractivity contribution < 1.29 is 18.8 Å². The van der Waals surface area contributed by atoms with Crippen molar-refractivity contribution in [1.29, 1.82) is 0 Å². The Kier molecular flexibility index (Phi) is 5.89. The van der Waals surface area contributed by atoms with Gasteiger partial charge in [-0.05, 0) is 41.5 Å². The number of ketones is 1. The molecule has 2 aliphatic heterocycles. The van der Waals surface area contributed by atoms with E-state index in [2.05, 4.69) is 10.6 Å². The minimum Gasteiger partial charge on any atom is -0.323 e. The molecule has 0 aliphatic carbocycles. The van der Waals surface area contributed by atoms with Crippen LogP contribution in [-0.2, 0) is 16.0 Å². The van der Waals surface area contributed by atoms with E-state index < -0.39 is 23.8 Å². The molecule has 0 spiro atoms. The summed E-state index contributed by atoms with van der Waals surface area (Å²) in [6.07, 6.45) is 0.150. The number of hydrogen-bond acceptors (Lipinski definition) is 4. The van der Waals surface area contributed by atoms with Gasteiger partial charge in [0, 0.05) is 30.1 Å². The third kappa shape index (κ3) is 4.08. The molecule has 1 saturated heterocycles. The van der Waals surface area contributed by atoms with E-state index in [1.165, 1.54) is 11.0 Å². The normalized spacial score (nSPS) is 19.6. The fraction of sp³-hybridized carbons (Fsp3) is 0.192. The second-order valence-corrected chi connectivity index (χ2v) is 8.81. The van der Waals surface area contributed by atoms with Crippen LogP contribution in [0.1, 0.15) is 15.9 Å². The summed E-state index contributed by atoms with van der Waals surface area (Å²) in [5.74, 6) is -1.49. The van der Waals surface area contributed by atoms with Crippen molar-refractivity contribution in [2.45, 2.75) is 18.5 Å². The Morgan fingerprint density at radius 2 is 1.82 bits per heavy atom. The first kappa shape index (κ1) is 22.3. The van der Waals surface area contributed by atoms with Crippen molar-refractivity contribution in [2.75, 3.05) is 18.4 Å². The molecular weight excluding hydrogens is 457 g/mol. The average molecular weight is 478 g/mol. The van der Waals surface area contributed by atoms with E-state index >= 15 is 0 Å². The van der Waals surface area contributed by atoms with Gasteiger partial charge in [-0.15, -0.1) is 0 Å². The molecule has 2 atom stereocenters. The molecule has 6 nitrogen and oxygen atoms in total. The molecule has 172 valence electrons. The Balaban J connectivity index is 1.47. The second kappa shape index (κ2) is 9.00.